The predicted octanol–water partition coefficient (Wildman–Crippen LogP) is 1.59. The van der Waals surface area contributed by atoms with Crippen LogP contribution in [-0.4, -0.2) is 37.6 Å². The average molecular weight is 202 g/mol. The van der Waals surface area contributed by atoms with Crippen LogP contribution in [0.25, 0.3) is 0 Å². The lowest BCUT2D eigenvalue weighted by Gasteiger charge is -2.22. The van der Waals surface area contributed by atoms with Gasteiger partial charge in [-0.15, -0.1) is 0 Å². The van der Waals surface area contributed by atoms with E-state index >= 15 is 0 Å². The Kier molecular flexibility index (Phi) is 5.45. The van der Waals surface area contributed by atoms with Crippen LogP contribution in [0.15, 0.2) is 0 Å². The van der Waals surface area contributed by atoms with E-state index in [1.807, 2.05) is 0 Å². The molecule has 1 aliphatic heterocycles. The van der Waals surface area contributed by atoms with Gasteiger partial charge in [-0.25, -0.2) is 0 Å². The van der Waals surface area contributed by atoms with Crippen molar-refractivity contribution in [3.05, 3.63) is 0 Å². The summed E-state index contributed by atoms with van der Waals surface area (Å²) >= 11 is 0. The molecule has 0 amide bonds. The first kappa shape index (κ1) is 12.0. The van der Waals surface area contributed by atoms with Gasteiger partial charge in [0, 0.05) is 26.2 Å². The topological polar surface area (TPSA) is 38.7 Å². The second-order valence-electron chi connectivity index (χ2n) is 3.97. The van der Waals surface area contributed by atoms with Crippen molar-refractivity contribution in [3.8, 4) is 0 Å². The van der Waals surface area contributed by atoms with Crippen molar-refractivity contribution in [1.29, 1.82) is 0 Å². The molecule has 0 aromatic carbocycles. The van der Waals surface area contributed by atoms with Gasteiger partial charge in [-0.05, 0) is 25.7 Å². The minimum Gasteiger partial charge on any atom is -0.393 e. The Morgan fingerprint density at radius 2 is 2.36 bits per heavy atom. The zero-order valence-electron chi connectivity index (χ0n) is 9.24. The molecule has 1 saturated heterocycles. The van der Waals surface area contributed by atoms with Crippen LogP contribution in [0.5, 0.6) is 0 Å². The second-order valence-corrected chi connectivity index (χ2v) is 3.97. The Morgan fingerprint density at radius 3 is 3.00 bits per heavy atom. The van der Waals surface area contributed by atoms with E-state index in [0.29, 0.717) is 5.92 Å². The third-order valence-corrected chi connectivity index (χ3v) is 3.01. The van der Waals surface area contributed by atoms with Crippen LogP contribution in [0, 0.1) is 5.92 Å². The molecule has 0 saturated carbocycles. The first-order chi connectivity index (χ1) is 6.79. The van der Waals surface area contributed by atoms with Gasteiger partial charge in [0.2, 0.25) is 0 Å². The quantitative estimate of drug-likeness (QED) is 0.665. The minimum absolute atomic E-state index is 0.211. The van der Waals surface area contributed by atoms with Gasteiger partial charge in [-0.3, -0.25) is 0 Å². The molecular weight excluding hydrogens is 180 g/mol. The fourth-order valence-electron chi connectivity index (χ4n) is 2.18. The van der Waals surface area contributed by atoms with Crippen molar-refractivity contribution in [3.63, 3.8) is 0 Å². The summed E-state index contributed by atoms with van der Waals surface area (Å²) < 4.78 is 10.5. The number of aliphatic hydroxyl groups excluding tert-OH is 1. The summed E-state index contributed by atoms with van der Waals surface area (Å²) in [6.07, 6.45) is 3.84. The fraction of sp³-hybridized carbons (Fsp3) is 1.00. The molecule has 1 N–H and O–H groups in total. The Hall–Kier alpha value is -0.120. The highest BCUT2D eigenvalue weighted by molar-refractivity contribution is 4.81. The molecule has 0 bridgehead atoms. The van der Waals surface area contributed by atoms with E-state index in [1.165, 1.54) is 0 Å². The highest BCUT2D eigenvalue weighted by atomic mass is 16.5. The maximum Gasteiger partial charge on any atom is 0.0626 e. The molecule has 1 heterocycles. The van der Waals surface area contributed by atoms with Crippen LogP contribution in [0.3, 0.4) is 0 Å². The van der Waals surface area contributed by atoms with Gasteiger partial charge in [0.05, 0.1) is 12.2 Å². The molecule has 3 atom stereocenters. The van der Waals surface area contributed by atoms with Gasteiger partial charge in [-0.2, -0.15) is 0 Å². The summed E-state index contributed by atoms with van der Waals surface area (Å²) in [5, 5.41) is 9.94. The molecule has 1 aliphatic rings. The lowest BCUT2D eigenvalue weighted by molar-refractivity contribution is 0.0239. The molecule has 3 nitrogen and oxygen atoms in total. The highest BCUT2D eigenvalue weighted by Gasteiger charge is 2.31. The van der Waals surface area contributed by atoms with Crippen LogP contribution < -0.4 is 0 Å². The second kappa shape index (κ2) is 6.38. The van der Waals surface area contributed by atoms with Crippen molar-refractivity contribution in [2.45, 2.75) is 44.8 Å². The van der Waals surface area contributed by atoms with Gasteiger partial charge >= 0.3 is 0 Å². The summed E-state index contributed by atoms with van der Waals surface area (Å²) in [6, 6.07) is 0. The lowest BCUT2D eigenvalue weighted by atomic mass is 9.91. The Labute approximate surface area is 86.4 Å². The molecular formula is C11H22O3. The van der Waals surface area contributed by atoms with Gasteiger partial charge < -0.3 is 14.6 Å². The smallest absolute Gasteiger partial charge is 0.0626 e. The maximum atomic E-state index is 9.94. The number of methoxy groups -OCH3 is 1. The van der Waals surface area contributed by atoms with Gasteiger partial charge in [0.15, 0.2) is 0 Å². The SMILES string of the molecule is CCC1OCCC1C(O)CCCOC. The third-order valence-electron chi connectivity index (χ3n) is 3.01. The first-order valence-electron chi connectivity index (χ1n) is 5.58. The zero-order valence-corrected chi connectivity index (χ0v) is 9.24. The van der Waals surface area contributed by atoms with E-state index in [9.17, 15) is 5.11 Å². The number of rotatable bonds is 6. The van der Waals surface area contributed by atoms with Crippen molar-refractivity contribution in [2.24, 2.45) is 5.92 Å². The normalized spacial score (nSPS) is 29.4. The van der Waals surface area contributed by atoms with E-state index in [4.69, 9.17) is 9.47 Å². The minimum atomic E-state index is -0.211. The summed E-state index contributed by atoms with van der Waals surface area (Å²) in [7, 11) is 1.69. The Bertz CT molecular complexity index is 149. The Morgan fingerprint density at radius 1 is 1.57 bits per heavy atom. The molecule has 14 heavy (non-hydrogen) atoms. The summed E-state index contributed by atoms with van der Waals surface area (Å²) in [5.41, 5.74) is 0. The zero-order chi connectivity index (χ0) is 10.4. The van der Waals surface area contributed by atoms with Crippen LogP contribution in [0.1, 0.15) is 32.6 Å². The molecule has 3 heteroatoms. The Balaban J connectivity index is 2.24. The maximum absolute atomic E-state index is 9.94. The molecule has 0 radical (unpaired) electrons. The van der Waals surface area contributed by atoms with Crippen LogP contribution in [0.2, 0.25) is 0 Å². The monoisotopic (exact) mass is 202 g/mol. The lowest BCUT2D eigenvalue weighted by Crippen LogP contribution is -2.28. The molecule has 0 spiro atoms. The number of hydrogen-bond donors (Lipinski definition) is 1. The average Bonchev–Trinajstić information content (AvgIpc) is 2.65. The standard InChI is InChI=1S/C11H22O3/c1-3-11-9(6-8-14-11)10(12)5-4-7-13-2/h9-12H,3-8H2,1-2H3. The highest BCUT2D eigenvalue weighted by Crippen LogP contribution is 2.28. The molecule has 0 aromatic rings. The van der Waals surface area contributed by atoms with Gasteiger partial charge in [0.1, 0.15) is 0 Å². The number of hydrogen-bond acceptors (Lipinski definition) is 3. The molecule has 1 fully saturated rings. The van der Waals surface area contributed by atoms with E-state index in [2.05, 4.69) is 6.92 Å². The van der Waals surface area contributed by atoms with Gasteiger partial charge in [0.25, 0.3) is 0 Å². The van der Waals surface area contributed by atoms with Crippen molar-refractivity contribution < 1.29 is 14.6 Å². The van der Waals surface area contributed by atoms with Crippen molar-refractivity contribution in [1.82, 2.24) is 0 Å². The largest absolute Gasteiger partial charge is 0.393 e. The van der Waals surface area contributed by atoms with E-state index in [0.717, 1.165) is 38.9 Å². The van der Waals surface area contributed by atoms with Crippen LogP contribution in [0.4, 0.5) is 0 Å². The number of ether oxygens (including phenoxy) is 2. The van der Waals surface area contributed by atoms with E-state index in [-0.39, 0.29) is 12.2 Å². The molecule has 3 unspecified atom stereocenters. The summed E-state index contributed by atoms with van der Waals surface area (Å²) in [4.78, 5) is 0. The van der Waals surface area contributed by atoms with Crippen molar-refractivity contribution >= 4 is 0 Å². The van der Waals surface area contributed by atoms with Crippen LogP contribution >= 0.6 is 0 Å². The molecule has 0 aromatic heterocycles. The fourth-order valence-corrected chi connectivity index (χ4v) is 2.18. The first-order valence-corrected chi connectivity index (χ1v) is 5.58. The molecule has 0 aliphatic carbocycles. The summed E-state index contributed by atoms with van der Waals surface area (Å²) in [5.74, 6) is 0.344. The van der Waals surface area contributed by atoms with E-state index in [1.54, 1.807) is 7.11 Å². The molecule has 1 rings (SSSR count). The summed E-state index contributed by atoms with van der Waals surface area (Å²) in [6.45, 7) is 3.66. The van der Waals surface area contributed by atoms with E-state index < -0.39 is 0 Å². The van der Waals surface area contributed by atoms with Crippen LogP contribution in [-0.2, 0) is 9.47 Å². The van der Waals surface area contributed by atoms with Crippen molar-refractivity contribution in [2.75, 3.05) is 20.3 Å². The third kappa shape index (κ3) is 3.23. The predicted molar refractivity (Wildman–Crippen MR) is 55.3 cm³/mol. The van der Waals surface area contributed by atoms with Gasteiger partial charge in [-0.1, -0.05) is 6.92 Å². The molecule has 84 valence electrons. The number of aliphatic hydroxyl groups is 1.